The van der Waals surface area contributed by atoms with Crippen molar-refractivity contribution >= 4 is 11.9 Å². The van der Waals surface area contributed by atoms with Crippen LogP contribution in [0.5, 0.6) is 5.75 Å². The first-order valence-electron chi connectivity index (χ1n) is 6.15. The molecule has 3 heteroatoms. The number of ketones is 1. The predicted molar refractivity (Wildman–Crippen MR) is 75.2 cm³/mol. The van der Waals surface area contributed by atoms with Crippen LogP contribution in [0.4, 0.5) is 0 Å². The van der Waals surface area contributed by atoms with Crippen LogP contribution in [0, 0.1) is 0 Å². The Hall–Kier alpha value is -2.42. The molecule has 0 atom stereocenters. The lowest BCUT2D eigenvalue weighted by Crippen LogP contribution is -1.95. The van der Waals surface area contributed by atoms with Gasteiger partial charge in [0.1, 0.15) is 5.75 Å². The van der Waals surface area contributed by atoms with Crippen LogP contribution in [0.15, 0.2) is 54.9 Å². The van der Waals surface area contributed by atoms with Crippen LogP contribution >= 0.6 is 0 Å². The van der Waals surface area contributed by atoms with Crippen molar-refractivity contribution in [3.63, 3.8) is 0 Å². The smallest absolute Gasteiger partial charge is 0.185 e. The lowest BCUT2D eigenvalue weighted by atomic mass is 10.1. The second kappa shape index (κ2) is 6.50. The van der Waals surface area contributed by atoms with Gasteiger partial charge in [-0.2, -0.15) is 0 Å². The van der Waals surface area contributed by atoms with Gasteiger partial charge in [0.2, 0.25) is 0 Å². The third-order valence-corrected chi connectivity index (χ3v) is 2.56. The molecule has 1 heterocycles. The van der Waals surface area contributed by atoms with E-state index in [0.717, 1.165) is 11.3 Å². The van der Waals surface area contributed by atoms with E-state index in [1.807, 2.05) is 19.1 Å². The summed E-state index contributed by atoms with van der Waals surface area (Å²) in [6.45, 7) is 2.55. The molecule has 96 valence electrons. The summed E-state index contributed by atoms with van der Waals surface area (Å²) >= 11 is 0. The van der Waals surface area contributed by atoms with Crippen molar-refractivity contribution < 1.29 is 9.53 Å². The zero-order valence-electron chi connectivity index (χ0n) is 10.7. The predicted octanol–water partition coefficient (Wildman–Crippen LogP) is 3.38. The Labute approximate surface area is 112 Å². The van der Waals surface area contributed by atoms with E-state index in [2.05, 4.69) is 4.98 Å². The summed E-state index contributed by atoms with van der Waals surface area (Å²) in [5.74, 6) is 0.738. The summed E-state index contributed by atoms with van der Waals surface area (Å²) in [6, 6.07) is 10.9. The summed E-state index contributed by atoms with van der Waals surface area (Å²) in [4.78, 5) is 15.9. The molecule has 0 aliphatic rings. The molecule has 0 saturated carbocycles. The van der Waals surface area contributed by atoms with Gasteiger partial charge in [-0.25, -0.2) is 0 Å². The number of ether oxygens (including phenoxy) is 1. The van der Waals surface area contributed by atoms with Crippen LogP contribution in [0.25, 0.3) is 6.08 Å². The van der Waals surface area contributed by atoms with Gasteiger partial charge < -0.3 is 4.74 Å². The quantitative estimate of drug-likeness (QED) is 0.605. The lowest BCUT2D eigenvalue weighted by molar-refractivity contribution is 0.104. The highest BCUT2D eigenvalue weighted by Crippen LogP contribution is 2.13. The number of hydrogen-bond acceptors (Lipinski definition) is 3. The summed E-state index contributed by atoms with van der Waals surface area (Å²) in [6.07, 6.45) is 6.71. The normalized spacial score (nSPS) is 10.6. The average Bonchev–Trinajstić information content (AvgIpc) is 2.47. The summed E-state index contributed by atoms with van der Waals surface area (Å²) in [5, 5.41) is 0. The van der Waals surface area contributed by atoms with Gasteiger partial charge in [-0.05, 0) is 55.0 Å². The number of carbonyl (C=O) groups excluding carboxylic acids is 1. The molecule has 0 spiro atoms. The van der Waals surface area contributed by atoms with Crippen molar-refractivity contribution in [1.82, 2.24) is 4.98 Å². The van der Waals surface area contributed by atoms with Crippen molar-refractivity contribution in [2.45, 2.75) is 6.92 Å². The third-order valence-electron chi connectivity index (χ3n) is 2.56. The van der Waals surface area contributed by atoms with E-state index in [-0.39, 0.29) is 5.78 Å². The Morgan fingerprint density at radius 3 is 2.68 bits per heavy atom. The molecule has 1 aromatic carbocycles. The lowest BCUT2D eigenvalue weighted by Gasteiger charge is -2.02. The van der Waals surface area contributed by atoms with Crippen molar-refractivity contribution in [2.24, 2.45) is 0 Å². The topological polar surface area (TPSA) is 39.2 Å². The zero-order chi connectivity index (χ0) is 13.5. The molecule has 3 nitrogen and oxygen atoms in total. The Balaban J connectivity index is 2.05. The van der Waals surface area contributed by atoms with Gasteiger partial charge in [-0.3, -0.25) is 9.78 Å². The molecule has 0 aliphatic heterocycles. The zero-order valence-corrected chi connectivity index (χ0v) is 10.7. The fourth-order valence-electron chi connectivity index (χ4n) is 1.62. The second-order valence-electron chi connectivity index (χ2n) is 3.94. The van der Waals surface area contributed by atoms with Crippen molar-refractivity contribution in [3.8, 4) is 5.75 Å². The first kappa shape index (κ1) is 13.0. The molecule has 0 radical (unpaired) electrons. The van der Waals surface area contributed by atoms with Gasteiger partial charge >= 0.3 is 0 Å². The number of hydrogen-bond donors (Lipinski definition) is 0. The van der Waals surface area contributed by atoms with E-state index < -0.39 is 0 Å². The summed E-state index contributed by atoms with van der Waals surface area (Å²) in [7, 11) is 0. The largest absolute Gasteiger partial charge is 0.494 e. The Kier molecular flexibility index (Phi) is 4.45. The van der Waals surface area contributed by atoms with Crippen LogP contribution in [-0.2, 0) is 0 Å². The highest BCUT2D eigenvalue weighted by atomic mass is 16.5. The number of rotatable bonds is 5. The number of allylic oxidation sites excluding steroid dienone is 1. The number of nitrogens with zero attached hydrogens (tertiary/aromatic N) is 1. The van der Waals surface area contributed by atoms with Crippen molar-refractivity contribution in [1.29, 1.82) is 0 Å². The minimum absolute atomic E-state index is 0.0353. The molecule has 0 unspecified atom stereocenters. The van der Waals surface area contributed by atoms with Crippen LogP contribution in [0.1, 0.15) is 22.8 Å². The molecule has 2 aromatic rings. The molecule has 0 fully saturated rings. The maximum absolute atomic E-state index is 11.9. The van der Waals surface area contributed by atoms with Gasteiger partial charge in [-0.1, -0.05) is 6.07 Å². The Morgan fingerprint density at radius 1 is 1.26 bits per heavy atom. The molecule has 1 aromatic heterocycles. The number of carbonyl (C=O) groups is 1. The van der Waals surface area contributed by atoms with Crippen LogP contribution in [-0.4, -0.2) is 17.4 Å². The Bertz CT molecular complexity index is 559. The van der Waals surface area contributed by atoms with Gasteiger partial charge in [0, 0.05) is 18.0 Å². The average molecular weight is 253 g/mol. The van der Waals surface area contributed by atoms with E-state index in [9.17, 15) is 4.79 Å². The summed E-state index contributed by atoms with van der Waals surface area (Å²) in [5.41, 5.74) is 1.55. The van der Waals surface area contributed by atoms with E-state index in [0.29, 0.717) is 12.2 Å². The molecular formula is C16H15NO2. The molecule has 0 aliphatic carbocycles. The van der Waals surface area contributed by atoms with Gasteiger partial charge in [-0.15, -0.1) is 0 Å². The minimum Gasteiger partial charge on any atom is -0.494 e. The molecule has 0 saturated heterocycles. The highest BCUT2D eigenvalue weighted by molar-refractivity contribution is 6.06. The van der Waals surface area contributed by atoms with E-state index in [1.165, 1.54) is 0 Å². The van der Waals surface area contributed by atoms with E-state index >= 15 is 0 Å². The Morgan fingerprint density at radius 2 is 2.05 bits per heavy atom. The standard InChI is InChI=1S/C16H15NO2/c1-2-19-15-8-6-14(7-9-15)16(18)10-5-13-4-3-11-17-12-13/h3-12H,2H2,1H3/b10-5+. The minimum atomic E-state index is -0.0353. The first-order chi connectivity index (χ1) is 9.29. The van der Waals surface area contributed by atoms with E-state index in [1.54, 1.807) is 48.8 Å². The molecule has 0 bridgehead atoms. The fourth-order valence-corrected chi connectivity index (χ4v) is 1.62. The third kappa shape index (κ3) is 3.78. The van der Waals surface area contributed by atoms with Gasteiger partial charge in [0.25, 0.3) is 0 Å². The van der Waals surface area contributed by atoms with Crippen LogP contribution in [0.2, 0.25) is 0 Å². The van der Waals surface area contributed by atoms with Gasteiger partial charge in [0.15, 0.2) is 5.78 Å². The molecule has 0 N–H and O–H groups in total. The van der Waals surface area contributed by atoms with Crippen LogP contribution < -0.4 is 4.74 Å². The van der Waals surface area contributed by atoms with Crippen molar-refractivity contribution in [2.75, 3.05) is 6.61 Å². The molecule has 19 heavy (non-hydrogen) atoms. The molecular weight excluding hydrogens is 238 g/mol. The first-order valence-corrected chi connectivity index (χ1v) is 6.15. The SMILES string of the molecule is CCOc1ccc(C(=O)/C=C/c2cccnc2)cc1. The number of pyridine rings is 1. The molecule has 2 rings (SSSR count). The molecule has 0 amide bonds. The maximum Gasteiger partial charge on any atom is 0.185 e. The fraction of sp³-hybridized carbons (Fsp3) is 0.125. The number of benzene rings is 1. The highest BCUT2D eigenvalue weighted by Gasteiger charge is 2.01. The second-order valence-corrected chi connectivity index (χ2v) is 3.94. The maximum atomic E-state index is 11.9. The van der Waals surface area contributed by atoms with Crippen LogP contribution in [0.3, 0.4) is 0 Å². The van der Waals surface area contributed by atoms with Gasteiger partial charge in [0.05, 0.1) is 6.61 Å². The number of aromatic nitrogens is 1. The monoisotopic (exact) mass is 253 g/mol. The van der Waals surface area contributed by atoms with Crippen molar-refractivity contribution in [3.05, 3.63) is 66.0 Å². The summed E-state index contributed by atoms with van der Waals surface area (Å²) < 4.78 is 5.33. The van der Waals surface area contributed by atoms with E-state index in [4.69, 9.17) is 4.74 Å².